The molecule has 11 aromatic rings. The number of carbonyl (C=O) groups is 4. The number of aromatic nitrogens is 5. The second-order valence-corrected chi connectivity index (χ2v) is 29.3. The van der Waals surface area contributed by atoms with Crippen LogP contribution in [0.4, 0.5) is 0 Å². The Morgan fingerprint density at radius 2 is 0.804 bits per heavy atom. The molecular weight excluding hydrogens is 2360 g/mol. The van der Waals surface area contributed by atoms with Crippen LogP contribution in [-0.4, -0.2) is 65.7 Å². The number of nitrogen functional groups attached to an aromatic ring is 1. The standard InChI is InChI=1S/C14H12Br2N2O2.C14H8Br2N2O.C14H8IN2.C9H9BrO2.C7H4BrClO.C7H7BrN2O.C7H5N.3CH4.Cl2OS.3HI/c15-11-3-1-10(2-4-11)14(19)18-17-9-20-13-7-5-12(16)6-8-13;15-11-5-1-9(2-6-11)13-17-18-14(19-13)10-3-7-12(16)8-4-10;1(13-3-9-16-10-4-13)7-15-8-2-14-5-11-17-12-6-14;1-2-12-9(11)7-3-5-8(10)6-4-7;8-6-3-1-5(2-4-6)7(9)10;8-6-3-1-5(2-4-6)7(11)10-9;1-2-7-3-5-8-6-4-7;;;;1-4(2)3;;;/h1-8,17H,9H2,(H,18,19);1-8H;3-6,9-12H;3-6H,2H2,1H3;1-4H;1-4H,9H2,(H,10,11);1,3-6H;3*1H4;;3*1H/q;;-1;;;;;;;;;;;. The van der Waals surface area contributed by atoms with Crippen molar-refractivity contribution in [3.63, 3.8) is 0 Å². The summed E-state index contributed by atoms with van der Waals surface area (Å²) >= 11 is 28.0. The first-order chi connectivity index (χ1) is 48.7. The zero-order valence-electron chi connectivity index (χ0n) is 53.5. The molecule has 0 radical (unpaired) electrons. The molecule has 5 N–H and O–H groups in total. The van der Waals surface area contributed by atoms with E-state index in [-0.39, 0.29) is 140 Å². The predicted molar refractivity (Wildman–Crippen MR) is 486 cm³/mol. The summed E-state index contributed by atoms with van der Waals surface area (Å²) in [5, 5.41) is 7.72. The van der Waals surface area contributed by atoms with Crippen molar-refractivity contribution in [2.45, 2.75) is 29.2 Å². The zero-order chi connectivity index (χ0) is 73.6. The number of amides is 2. The van der Waals surface area contributed by atoms with Crippen molar-refractivity contribution in [3.8, 4) is 60.7 Å². The number of ether oxygens (including phenoxy) is 2. The van der Waals surface area contributed by atoms with E-state index in [0.29, 0.717) is 40.6 Å². The number of benzene rings is 7. The minimum absolute atomic E-state index is 0. The first kappa shape index (κ1) is 106. The Balaban J connectivity index is -0.00000118. The molecule has 0 aliphatic heterocycles. The van der Waals surface area contributed by atoms with Crippen LogP contribution >= 0.6 is 216 Å². The molecule has 0 saturated carbocycles. The zero-order valence-corrected chi connectivity index (χ0v) is 76.8. The molecule has 17 nitrogen and oxygen atoms in total. The topological polar surface area (TPSA) is 244 Å². The van der Waals surface area contributed by atoms with Crippen LogP contribution in [0, 0.1) is 32.0 Å². The quantitative estimate of drug-likeness (QED) is 0.0108. The van der Waals surface area contributed by atoms with Crippen molar-refractivity contribution in [2.24, 2.45) is 5.84 Å². The number of hydrogen-bond acceptors (Lipinski definition) is 15. The maximum Gasteiger partial charge on any atom is 0.338 e. The fourth-order valence-corrected chi connectivity index (χ4v) is 9.65. The number of pyridine rings is 3. The first-order valence-electron chi connectivity index (χ1n) is 28.4. The summed E-state index contributed by atoms with van der Waals surface area (Å²) in [7, 11) is 7.36. The first-order valence-corrected chi connectivity index (χ1v) is 39.3. The van der Waals surface area contributed by atoms with E-state index in [9.17, 15) is 19.2 Å². The van der Waals surface area contributed by atoms with Gasteiger partial charge in [-0.05, 0) is 201 Å². The van der Waals surface area contributed by atoms with Gasteiger partial charge in [-0.1, -0.05) is 140 Å². The van der Waals surface area contributed by atoms with Crippen molar-refractivity contribution in [1.29, 1.82) is 0 Å². The van der Waals surface area contributed by atoms with E-state index in [1.165, 1.54) is 0 Å². The van der Waals surface area contributed by atoms with E-state index in [2.05, 4.69) is 194 Å². The van der Waals surface area contributed by atoms with Crippen LogP contribution in [0.5, 0.6) is 5.75 Å². The summed E-state index contributed by atoms with van der Waals surface area (Å²) in [6.45, 7) is 2.38. The van der Waals surface area contributed by atoms with Gasteiger partial charge in [0, 0.05) is 98.4 Å². The molecule has 0 unspecified atom stereocenters. The van der Waals surface area contributed by atoms with E-state index >= 15 is 0 Å². The van der Waals surface area contributed by atoms with Crippen LogP contribution in [0.3, 0.4) is 0 Å². The average molecular weight is 2430 g/mol. The number of hydrazine groups is 2. The Morgan fingerprint density at radius 3 is 1.12 bits per heavy atom. The van der Waals surface area contributed by atoms with E-state index in [0.717, 1.165) is 64.9 Å². The number of esters is 1. The molecule has 566 valence electrons. The van der Waals surface area contributed by atoms with Gasteiger partial charge in [0.1, 0.15) is 5.75 Å². The van der Waals surface area contributed by atoms with Gasteiger partial charge in [0.15, 0.2) is 6.73 Å². The largest absolute Gasteiger partial charge is 0.477 e. The molecule has 2 amide bonds. The van der Waals surface area contributed by atoms with Crippen molar-refractivity contribution < 1.29 is 58.5 Å². The molecular formula is C75H68Br7Cl3I4N9O8S-. The molecule has 0 saturated heterocycles. The van der Waals surface area contributed by atoms with Crippen molar-refractivity contribution in [1.82, 2.24) is 41.4 Å². The molecule has 7 aromatic carbocycles. The number of rotatable bonds is 11. The van der Waals surface area contributed by atoms with Gasteiger partial charge < -0.3 is 13.9 Å². The summed E-state index contributed by atoms with van der Waals surface area (Å²) in [5.74, 6) is 14.6. The Kier molecular flexibility index (Phi) is 63.0. The molecule has 0 atom stereocenters. The number of halogens is 14. The van der Waals surface area contributed by atoms with Crippen molar-refractivity contribution in [3.05, 3.63) is 314 Å². The molecule has 0 spiro atoms. The molecule has 0 bridgehead atoms. The van der Waals surface area contributed by atoms with Crippen LogP contribution < -0.4 is 48.1 Å². The van der Waals surface area contributed by atoms with Crippen LogP contribution in [0.2, 0.25) is 0 Å². The number of nitrogens with zero attached hydrogens (tertiary/aromatic N) is 5. The van der Waals surface area contributed by atoms with Gasteiger partial charge >= 0.3 is 117 Å². The number of nitrogens with two attached hydrogens (primary N) is 1. The third kappa shape index (κ3) is 47.7. The number of carbonyl (C=O) groups excluding carboxylic acids is 4. The van der Waals surface area contributed by atoms with Gasteiger partial charge in [-0.2, -0.15) is 5.43 Å². The van der Waals surface area contributed by atoms with E-state index < -0.39 is 14.5 Å². The van der Waals surface area contributed by atoms with Crippen molar-refractivity contribution >= 4 is 249 Å². The molecule has 0 aliphatic rings. The molecule has 107 heavy (non-hydrogen) atoms. The normalized spacial score (nSPS) is 8.97. The summed E-state index contributed by atoms with van der Waals surface area (Å²) in [6, 6.07) is 62.1. The second-order valence-electron chi connectivity index (χ2n) is 18.4. The van der Waals surface area contributed by atoms with Gasteiger partial charge in [-0.15, -0.1) is 88.6 Å². The minimum atomic E-state index is -1.67. The van der Waals surface area contributed by atoms with Gasteiger partial charge in [0.2, 0.25) is 21.0 Å². The van der Waals surface area contributed by atoms with Crippen LogP contribution in [0.1, 0.15) is 87.3 Å². The average Bonchev–Trinajstić information content (AvgIpc) is 1.70. The predicted octanol–water partition coefficient (Wildman–Crippen LogP) is 19.7. The minimum Gasteiger partial charge on any atom is -0.477 e. The monoisotopic (exact) mass is 2420 g/mol. The molecule has 11 rings (SSSR count). The summed E-state index contributed by atoms with van der Waals surface area (Å²) in [5.41, 5.74) is 14.2. The Morgan fingerprint density at radius 1 is 0.495 bits per heavy atom. The molecule has 4 aromatic heterocycles. The Bertz CT molecular complexity index is 4400. The van der Waals surface area contributed by atoms with Gasteiger partial charge in [-0.3, -0.25) is 30.2 Å². The molecule has 32 heteroatoms. The maximum absolute atomic E-state index is 11.8. The maximum atomic E-state index is 11.8. The summed E-state index contributed by atoms with van der Waals surface area (Å²) < 4.78 is 38.0. The van der Waals surface area contributed by atoms with Crippen LogP contribution in [0.25, 0.3) is 22.9 Å². The Labute approximate surface area is 761 Å². The van der Waals surface area contributed by atoms with E-state index in [4.69, 9.17) is 42.0 Å². The van der Waals surface area contributed by atoms with E-state index in [1.807, 2.05) is 127 Å². The third-order valence-corrected chi connectivity index (χ3v) is 16.4. The van der Waals surface area contributed by atoms with Gasteiger partial charge in [0.25, 0.3) is 17.1 Å². The second kappa shape index (κ2) is 63.5. The third-order valence-electron chi connectivity index (χ3n) is 11.4. The van der Waals surface area contributed by atoms with Crippen molar-refractivity contribution in [2.75, 3.05) is 13.3 Å². The Hall–Kier alpha value is -5.09. The number of terminal acetylenes is 1. The van der Waals surface area contributed by atoms with Crippen LogP contribution in [-0.2, 0) is 14.0 Å². The number of hydrogen-bond donors (Lipinski definition) is 4. The van der Waals surface area contributed by atoms with Crippen LogP contribution in [0.15, 0.2) is 279 Å². The number of nitrogens with one attached hydrogen (secondary N) is 3. The molecule has 0 fully saturated rings. The smallest absolute Gasteiger partial charge is 0.338 e. The molecule has 0 aliphatic carbocycles. The van der Waals surface area contributed by atoms with Gasteiger partial charge in [0.05, 0.1) is 12.2 Å². The fourth-order valence-electron chi connectivity index (χ4n) is 6.65. The van der Waals surface area contributed by atoms with Gasteiger partial charge in [-0.25, -0.2) is 14.8 Å². The van der Waals surface area contributed by atoms with E-state index in [1.54, 1.807) is 129 Å². The molecule has 4 heterocycles. The summed E-state index contributed by atoms with van der Waals surface area (Å²) in [4.78, 5) is 55.9. The fraction of sp³-hybridized carbons (Fsp3) is 0.0800. The SMILES string of the molecule is Brc1ccc(-c2nnc(-c3ccc(Br)cc3)o2)cc1.C.C.C.C#Cc1ccncc1.C(#Cc1ccncc1)[I-]C#Cc1ccncc1.CCOC(=O)c1ccc(Br)cc1.I.I.I.NNC(=O)c1ccc(Br)cc1.O=C(Cl)c1ccc(Br)cc1.O=C(NNCOc1ccc(Br)cc1)c1ccc(Br)cc1.O=S(Cl)Cl. The summed E-state index contributed by atoms with van der Waals surface area (Å²) in [6.07, 6.45) is 15.4.